The molecule has 0 spiro atoms. The molecule has 80 valence electrons. The van der Waals surface area contributed by atoms with Gasteiger partial charge in [0.2, 0.25) is 0 Å². The maximum Gasteiger partial charge on any atom is 0.141 e. The van der Waals surface area contributed by atoms with Crippen molar-refractivity contribution in [3.05, 3.63) is 12.5 Å². The Kier molecular flexibility index (Phi) is 3.16. The average molecular weight is 197 g/mol. The Balaban J connectivity index is 2.65. The summed E-state index contributed by atoms with van der Waals surface area (Å²) in [5.74, 6) is 0.544. The monoisotopic (exact) mass is 197 g/mol. The Morgan fingerprint density at radius 2 is 2.21 bits per heavy atom. The molecule has 0 unspecified atom stereocenters. The molecule has 1 aromatic rings. The van der Waals surface area contributed by atoms with Crippen LogP contribution in [0, 0.1) is 0 Å². The van der Waals surface area contributed by atoms with Crippen LogP contribution in [-0.4, -0.2) is 22.3 Å². The van der Waals surface area contributed by atoms with Gasteiger partial charge in [-0.3, -0.25) is 0 Å². The number of hydrogen-bond acceptors (Lipinski definition) is 3. The van der Waals surface area contributed by atoms with E-state index in [1.54, 1.807) is 6.33 Å². The van der Waals surface area contributed by atoms with Crippen LogP contribution < -0.4 is 5.73 Å². The van der Waals surface area contributed by atoms with E-state index in [9.17, 15) is 0 Å². The highest BCUT2D eigenvalue weighted by atomic mass is 16.5. The molecule has 1 rings (SSSR count). The summed E-state index contributed by atoms with van der Waals surface area (Å²) in [4.78, 5) is 4.00. The van der Waals surface area contributed by atoms with E-state index >= 15 is 0 Å². The fraction of sp³-hybridized carbons (Fsp3) is 0.700. The number of nitrogens with zero attached hydrogens (tertiary/aromatic N) is 2. The molecular formula is C10H19N3O. The van der Waals surface area contributed by atoms with E-state index in [4.69, 9.17) is 10.5 Å². The van der Waals surface area contributed by atoms with Crippen molar-refractivity contribution >= 4 is 5.82 Å². The second-order valence-corrected chi connectivity index (χ2v) is 4.38. The molecule has 0 aliphatic heterocycles. The molecule has 2 N–H and O–H groups in total. The lowest BCUT2D eigenvalue weighted by Gasteiger charge is -2.27. The average Bonchev–Trinajstić information content (AvgIpc) is 2.49. The third-order valence-corrected chi connectivity index (χ3v) is 2.07. The smallest absolute Gasteiger partial charge is 0.141 e. The van der Waals surface area contributed by atoms with E-state index in [0.29, 0.717) is 12.4 Å². The third-order valence-electron chi connectivity index (χ3n) is 2.07. The first kappa shape index (κ1) is 11.0. The molecule has 0 fully saturated rings. The topological polar surface area (TPSA) is 53.1 Å². The van der Waals surface area contributed by atoms with Gasteiger partial charge in [-0.05, 0) is 27.7 Å². The third kappa shape index (κ3) is 2.73. The molecule has 0 amide bonds. The number of aromatic nitrogens is 2. The molecule has 0 saturated carbocycles. The molecule has 0 radical (unpaired) electrons. The fourth-order valence-electron chi connectivity index (χ4n) is 1.11. The zero-order valence-electron chi connectivity index (χ0n) is 9.32. The zero-order chi connectivity index (χ0) is 10.8. The molecule has 0 aromatic carbocycles. The van der Waals surface area contributed by atoms with Crippen molar-refractivity contribution in [1.82, 2.24) is 9.55 Å². The Hall–Kier alpha value is -1.03. The minimum atomic E-state index is -0.102. The van der Waals surface area contributed by atoms with Crippen LogP contribution in [0.25, 0.3) is 0 Å². The van der Waals surface area contributed by atoms with Gasteiger partial charge in [-0.1, -0.05) is 0 Å². The van der Waals surface area contributed by atoms with Gasteiger partial charge in [-0.2, -0.15) is 0 Å². The lowest BCUT2D eigenvalue weighted by molar-refractivity contribution is 0.0260. The molecule has 0 bridgehead atoms. The standard InChI is InChI=1S/C10H19N3O/c1-8(2)14-6-10(3,4)13-5-9(11)12-7-13/h5,7-8H,6,11H2,1-4H3. The maximum atomic E-state index is 5.58. The van der Waals surface area contributed by atoms with Crippen molar-refractivity contribution in [1.29, 1.82) is 0 Å². The summed E-state index contributed by atoms with van der Waals surface area (Å²) in [6.07, 6.45) is 3.80. The number of ether oxygens (including phenoxy) is 1. The van der Waals surface area contributed by atoms with Crippen LogP contribution in [-0.2, 0) is 10.3 Å². The van der Waals surface area contributed by atoms with Crippen LogP contribution in [0.4, 0.5) is 5.82 Å². The summed E-state index contributed by atoms with van der Waals surface area (Å²) in [5.41, 5.74) is 5.46. The molecule has 1 aromatic heterocycles. The van der Waals surface area contributed by atoms with E-state index in [-0.39, 0.29) is 11.6 Å². The highest BCUT2D eigenvalue weighted by molar-refractivity contribution is 5.23. The molecule has 1 heterocycles. The first-order chi connectivity index (χ1) is 6.42. The predicted molar refractivity (Wildman–Crippen MR) is 57.0 cm³/mol. The molecular weight excluding hydrogens is 178 g/mol. The first-order valence-corrected chi connectivity index (χ1v) is 4.83. The van der Waals surface area contributed by atoms with Crippen LogP contribution >= 0.6 is 0 Å². The van der Waals surface area contributed by atoms with Crippen molar-refractivity contribution in [2.24, 2.45) is 0 Å². The van der Waals surface area contributed by atoms with Crippen LogP contribution in [0.3, 0.4) is 0 Å². The number of rotatable bonds is 4. The highest BCUT2D eigenvalue weighted by Crippen LogP contribution is 2.17. The van der Waals surface area contributed by atoms with E-state index in [1.165, 1.54) is 0 Å². The Morgan fingerprint density at radius 3 is 2.64 bits per heavy atom. The summed E-state index contributed by atoms with van der Waals surface area (Å²) in [5, 5.41) is 0. The number of hydrogen-bond donors (Lipinski definition) is 1. The molecule has 14 heavy (non-hydrogen) atoms. The van der Waals surface area contributed by atoms with Crippen molar-refractivity contribution in [2.75, 3.05) is 12.3 Å². The maximum absolute atomic E-state index is 5.58. The van der Waals surface area contributed by atoms with E-state index in [2.05, 4.69) is 18.8 Å². The molecule has 0 aliphatic rings. The van der Waals surface area contributed by atoms with Crippen molar-refractivity contribution in [3.8, 4) is 0 Å². The summed E-state index contributed by atoms with van der Waals surface area (Å²) in [7, 11) is 0. The minimum Gasteiger partial charge on any atom is -0.382 e. The fourth-order valence-corrected chi connectivity index (χ4v) is 1.11. The van der Waals surface area contributed by atoms with Gasteiger partial charge in [-0.25, -0.2) is 4.98 Å². The summed E-state index contributed by atoms with van der Waals surface area (Å²) < 4.78 is 7.56. The lowest BCUT2D eigenvalue weighted by atomic mass is 10.1. The highest BCUT2D eigenvalue weighted by Gasteiger charge is 2.20. The van der Waals surface area contributed by atoms with Crippen LogP contribution in [0.15, 0.2) is 12.5 Å². The first-order valence-electron chi connectivity index (χ1n) is 4.83. The lowest BCUT2D eigenvalue weighted by Crippen LogP contribution is -2.32. The van der Waals surface area contributed by atoms with Gasteiger partial charge in [0.25, 0.3) is 0 Å². The molecule has 0 aliphatic carbocycles. The van der Waals surface area contributed by atoms with Gasteiger partial charge in [0, 0.05) is 6.20 Å². The minimum absolute atomic E-state index is 0.102. The van der Waals surface area contributed by atoms with Gasteiger partial charge >= 0.3 is 0 Å². The second kappa shape index (κ2) is 4.00. The predicted octanol–water partition coefficient (Wildman–Crippen LogP) is 1.63. The van der Waals surface area contributed by atoms with Crippen LogP contribution in [0.2, 0.25) is 0 Å². The molecule has 0 saturated heterocycles. The van der Waals surface area contributed by atoms with Crippen LogP contribution in [0.1, 0.15) is 27.7 Å². The Bertz CT molecular complexity index is 291. The van der Waals surface area contributed by atoms with E-state index in [0.717, 1.165) is 0 Å². The van der Waals surface area contributed by atoms with Crippen molar-refractivity contribution < 1.29 is 4.74 Å². The molecule has 4 heteroatoms. The Morgan fingerprint density at radius 1 is 1.57 bits per heavy atom. The Labute approximate surface area is 85.1 Å². The summed E-state index contributed by atoms with van der Waals surface area (Å²) in [6.45, 7) is 8.89. The number of nitrogen functional groups attached to an aromatic ring is 1. The largest absolute Gasteiger partial charge is 0.382 e. The quantitative estimate of drug-likeness (QED) is 0.798. The summed E-state index contributed by atoms with van der Waals surface area (Å²) >= 11 is 0. The number of anilines is 1. The van der Waals surface area contributed by atoms with Crippen LogP contribution in [0.5, 0.6) is 0 Å². The summed E-state index contributed by atoms with van der Waals surface area (Å²) in [6, 6.07) is 0. The SMILES string of the molecule is CC(C)OCC(C)(C)n1cnc(N)c1. The van der Waals surface area contributed by atoms with Crippen molar-refractivity contribution in [2.45, 2.75) is 39.3 Å². The van der Waals surface area contributed by atoms with E-state index in [1.807, 2.05) is 24.6 Å². The number of nitrogens with two attached hydrogens (primary N) is 1. The van der Waals surface area contributed by atoms with Gasteiger partial charge in [0.1, 0.15) is 5.82 Å². The van der Waals surface area contributed by atoms with Gasteiger partial charge in [0.05, 0.1) is 24.6 Å². The van der Waals surface area contributed by atoms with Gasteiger partial charge in [-0.15, -0.1) is 0 Å². The molecule has 4 nitrogen and oxygen atoms in total. The van der Waals surface area contributed by atoms with E-state index < -0.39 is 0 Å². The zero-order valence-corrected chi connectivity index (χ0v) is 9.32. The van der Waals surface area contributed by atoms with Gasteiger partial charge in [0.15, 0.2) is 0 Å². The number of imidazole rings is 1. The van der Waals surface area contributed by atoms with Crippen molar-refractivity contribution in [3.63, 3.8) is 0 Å². The second-order valence-electron chi connectivity index (χ2n) is 4.38. The van der Waals surface area contributed by atoms with Gasteiger partial charge < -0.3 is 15.0 Å². The normalized spacial score (nSPS) is 12.4. The molecule has 0 atom stereocenters.